The summed E-state index contributed by atoms with van der Waals surface area (Å²) in [5, 5.41) is 0. The quantitative estimate of drug-likeness (QED) is 0.914. The number of amides is 1. The lowest BCUT2D eigenvalue weighted by Gasteiger charge is -2.31. The van der Waals surface area contributed by atoms with E-state index in [2.05, 4.69) is 0 Å². The van der Waals surface area contributed by atoms with Crippen LogP contribution in [-0.2, 0) is 11.2 Å². The summed E-state index contributed by atoms with van der Waals surface area (Å²) in [6, 6.07) is 7.87. The lowest BCUT2D eigenvalue weighted by molar-refractivity contribution is -0.131. The molecule has 1 atom stereocenters. The Hall–Kier alpha value is -1.55. The van der Waals surface area contributed by atoms with Crippen molar-refractivity contribution >= 4 is 5.91 Å². The highest BCUT2D eigenvalue weighted by Crippen LogP contribution is 2.21. The van der Waals surface area contributed by atoms with Gasteiger partial charge in [0.1, 0.15) is 5.75 Å². The topological polar surface area (TPSA) is 55.6 Å². The number of nitrogens with two attached hydrogens (primary N) is 1. The number of hydrogen-bond acceptors (Lipinski definition) is 3. The van der Waals surface area contributed by atoms with Gasteiger partial charge in [0.05, 0.1) is 12.5 Å². The molecule has 0 aliphatic carbocycles. The van der Waals surface area contributed by atoms with Crippen LogP contribution < -0.4 is 10.5 Å². The first kappa shape index (κ1) is 14.9. The number of hydrogen-bond donors (Lipinski definition) is 1. The number of ether oxygens (including phenoxy) is 1. The second kappa shape index (κ2) is 6.75. The molecule has 1 unspecified atom stereocenters. The van der Waals surface area contributed by atoms with Crippen LogP contribution in [0, 0.1) is 0 Å². The highest BCUT2D eigenvalue weighted by molar-refractivity contribution is 5.79. The Kier molecular flexibility index (Phi) is 5.01. The van der Waals surface area contributed by atoms with Crippen molar-refractivity contribution < 1.29 is 9.53 Å². The van der Waals surface area contributed by atoms with Gasteiger partial charge in [0, 0.05) is 24.7 Å². The summed E-state index contributed by atoms with van der Waals surface area (Å²) in [6.45, 7) is 5.47. The number of rotatable bonds is 4. The van der Waals surface area contributed by atoms with Gasteiger partial charge in [-0.3, -0.25) is 4.79 Å². The number of nitrogens with zero attached hydrogens (tertiary/aromatic N) is 1. The Labute approximate surface area is 120 Å². The lowest BCUT2D eigenvalue weighted by Crippen LogP contribution is -2.46. The zero-order valence-corrected chi connectivity index (χ0v) is 12.3. The van der Waals surface area contributed by atoms with Crippen molar-refractivity contribution in [2.75, 3.05) is 13.1 Å². The Morgan fingerprint density at radius 1 is 1.45 bits per heavy atom. The van der Waals surface area contributed by atoms with Crippen LogP contribution in [0.4, 0.5) is 0 Å². The van der Waals surface area contributed by atoms with Crippen molar-refractivity contribution in [1.29, 1.82) is 0 Å². The molecule has 4 nitrogen and oxygen atoms in total. The van der Waals surface area contributed by atoms with Crippen molar-refractivity contribution in [3.63, 3.8) is 0 Å². The number of benzene rings is 1. The molecule has 20 heavy (non-hydrogen) atoms. The first-order valence-corrected chi connectivity index (χ1v) is 7.34. The van der Waals surface area contributed by atoms with E-state index in [4.69, 9.17) is 10.5 Å². The van der Waals surface area contributed by atoms with Crippen LogP contribution in [-0.4, -0.2) is 36.0 Å². The molecule has 1 fully saturated rings. The van der Waals surface area contributed by atoms with E-state index in [0.29, 0.717) is 13.0 Å². The van der Waals surface area contributed by atoms with Gasteiger partial charge in [-0.25, -0.2) is 0 Å². The highest BCUT2D eigenvalue weighted by atomic mass is 16.5. The van der Waals surface area contributed by atoms with Crippen molar-refractivity contribution in [1.82, 2.24) is 4.90 Å². The van der Waals surface area contributed by atoms with Crippen LogP contribution in [0.15, 0.2) is 24.3 Å². The number of piperidine rings is 1. The maximum atomic E-state index is 12.4. The molecule has 4 heteroatoms. The van der Waals surface area contributed by atoms with Gasteiger partial charge >= 0.3 is 0 Å². The highest BCUT2D eigenvalue weighted by Gasteiger charge is 2.22. The maximum absolute atomic E-state index is 12.4. The monoisotopic (exact) mass is 276 g/mol. The summed E-state index contributed by atoms with van der Waals surface area (Å²) in [6.07, 6.45) is 2.50. The molecule has 1 aliphatic rings. The third kappa shape index (κ3) is 3.97. The van der Waals surface area contributed by atoms with Crippen LogP contribution in [0.3, 0.4) is 0 Å². The van der Waals surface area contributed by atoms with Crippen molar-refractivity contribution in [3.8, 4) is 5.75 Å². The normalized spacial score (nSPS) is 19.2. The predicted molar refractivity (Wildman–Crippen MR) is 79.7 cm³/mol. The molecule has 1 amide bonds. The van der Waals surface area contributed by atoms with Crippen LogP contribution >= 0.6 is 0 Å². The largest absolute Gasteiger partial charge is 0.491 e. The SMILES string of the molecule is CC(C)Oc1ccccc1CC(=O)N1CCCC(N)C1. The molecule has 1 saturated heterocycles. The van der Waals surface area contributed by atoms with Crippen molar-refractivity contribution in [2.45, 2.75) is 45.3 Å². The Morgan fingerprint density at radius 2 is 2.20 bits per heavy atom. The second-order valence-corrected chi connectivity index (χ2v) is 5.69. The molecule has 2 N–H and O–H groups in total. The Morgan fingerprint density at radius 3 is 2.90 bits per heavy atom. The second-order valence-electron chi connectivity index (χ2n) is 5.69. The van der Waals surface area contributed by atoms with E-state index in [-0.39, 0.29) is 18.1 Å². The van der Waals surface area contributed by atoms with Crippen LogP contribution in [0.25, 0.3) is 0 Å². The van der Waals surface area contributed by atoms with E-state index >= 15 is 0 Å². The van der Waals surface area contributed by atoms with E-state index in [1.807, 2.05) is 43.0 Å². The van der Waals surface area contributed by atoms with Gasteiger partial charge in [-0.1, -0.05) is 18.2 Å². The molecular formula is C16H24N2O2. The molecule has 0 radical (unpaired) electrons. The van der Waals surface area contributed by atoms with Gasteiger partial charge in [-0.05, 0) is 32.8 Å². The van der Waals surface area contributed by atoms with Crippen LogP contribution in [0.2, 0.25) is 0 Å². The third-order valence-corrected chi connectivity index (χ3v) is 3.49. The summed E-state index contributed by atoms with van der Waals surface area (Å²) in [5.41, 5.74) is 6.88. The summed E-state index contributed by atoms with van der Waals surface area (Å²) in [7, 11) is 0. The summed E-state index contributed by atoms with van der Waals surface area (Å²) in [5.74, 6) is 0.942. The summed E-state index contributed by atoms with van der Waals surface area (Å²) < 4.78 is 5.76. The first-order chi connectivity index (χ1) is 9.56. The average Bonchev–Trinajstić information content (AvgIpc) is 2.40. The third-order valence-electron chi connectivity index (χ3n) is 3.49. The predicted octanol–water partition coefficient (Wildman–Crippen LogP) is 1.97. The standard InChI is InChI=1S/C16H24N2O2/c1-12(2)20-15-8-4-3-6-13(15)10-16(19)18-9-5-7-14(17)11-18/h3-4,6,8,12,14H,5,7,9-11,17H2,1-2H3. The lowest BCUT2D eigenvalue weighted by atomic mass is 10.0. The average molecular weight is 276 g/mol. The molecule has 0 aromatic heterocycles. The molecule has 0 bridgehead atoms. The Balaban J connectivity index is 2.03. The smallest absolute Gasteiger partial charge is 0.227 e. The van der Waals surface area contributed by atoms with Gasteiger partial charge < -0.3 is 15.4 Å². The molecular weight excluding hydrogens is 252 g/mol. The first-order valence-electron chi connectivity index (χ1n) is 7.34. The zero-order valence-electron chi connectivity index (χ0n) is 12.3. The molecule has 0 saturated carbocycles. The number of para-hydroxylation sites is 1. The van der Waals surface area contributed by atoms with Gasteiger partial charge in [0.15, 0.2) is 0 Å². The van der Waals surface area contributed by atoms with Crippen LogP contribution in [0.1, 0.15) is 32.3 Å². The minimum atomic E-state index is 0.106. The van der Waals surface area contributed by atoms with Crippen LogP contribution in [0.5, 0.6) is 5.75 Å². The minimum Gasteiger partial charge on any atom is -0.491 e. The van der Waals surface area contributed by atoms with Gasteiger partial charge in [0.2, 0.25) is 5.91 Å². The van der Waals surface area contributed by atoms with Gasteiger partial charge in [0.25, 0.3) is 0 Å². The van der Waals surface area contributed by atoms with Crippen molar-refractivity contribution in [3.05, 3.63) is 29.8 Å². The number of carbonyl (C=O) groups is 1. The van der Waals surface area contributed by atoms with Crippen molar-refractivity contribution in [2.24, 2.45) is 5.73 Å². The van der Waals surface area contributed by atoms with E-state index < -0.39 is 0 Å². The number of carbonyl (C=O) groups excluding carboxylic acids is 1. The fraction of sp³-hybridized carbons (Fsp3) is 0.562. The molecule has 2 rings (SSSR count). The molecule has 1 heterocycles. The maximum Gasteiger partial charge on any atom is 0.227 e. The molecule has 1 aromatic carbocycles. The van der Waals surface area contributed by atoms with E-state index in [1.54, 1.807) is 0 Å². The zero-order chi connectivity index (χ0) is 14.5. The molecule has 1 aromatic rings. The number of likely N-dealkylation sites (tertiary alicyclic amines) is 1. The Bertz CT molecular complexity index is 460. The van der Waals surface area contributed by atoms with Gasteiger partial charge in [-0.2, -0.15) is 0 Å². The molecule has 0 spiro atoms. The molecule has 1 aliphatic heterocycles. The fourth-order valence-corrected chi connectivity index (χ4v) is 2.53. The summed E-state index contributed by atoms with van der Waals surface area (Å²) in [4.78, 5) is 14.2. The summed E-state index contributed by atoms with van der Waals surface area (Å²) >= 11 is 0. The molecule has 110 valence electrons. The van der Waals surface area contributed by atoms with Gasteiger partial charge in [-0.15, -0.1) is 0 Å². The minimum absolute atomic E-state index is 0.106. The van der Waals surface area contributed by atoms with E-state index in [0.717, 1.165) is 30.7 Å². The fourth-order valence-electron chi connectivity index (χ4n) is 2.53. The van der Waals surface area contributed by atoms with E-state index in [9.17, 15) is 4.79 Å². The van der Waals surface area contributed by atoms with E-state index in [1.165, 1.54) is 0 Å².